The first-order valence-electron chi connectivity index (χ1n) is 14.3. The van der Waals surface area contributed by atoms with Gasteiger partial charge in [-0.1, -0.05) is 32.1 Å². The van der Waals surface area contributed by atoms with Crippen LogP contribution in [-0.4, -0.2) is 98.7 Å². The van der Waals surface area contributed by atoms with E-state index in [1.165, 1.54) is 0 Å². The van der Waals surface area contributed by atoms with E-state index < -0.39 is 68.1 Å². The number of carbonyl (C=O) groups excluding carboxylic acids is 1. The fourth-order valence-electron chi connectivity index (χ4n) is 3.53. The molecule has 5 unspecified atom stereocenters. The van der Waals surface area contributed by atoms with Crippen molar-refractivity contribution < 1.29 is 73.4 Å². The van der Waals surface area contributed by atoms with E-state index in [0.29, 0.717) is 6.42 Å². The van der Waals surface area contributed by atoms with Gasteiger partial charge >= 0.3 is 0 Å². The molecular formula is C37H73NO9. The van der Waals surface area contributed by atoms with Crippen LogP contribution in [-0.2, 0) is 14.3 Å². The second-order valence-corrected chi connectivity index (χ2v) is 9.29. The number of amides is 1. The summed E-state index contributed by atoms with van der Waals surface area (Å²) in [6.45, 7) is 2.50. The first kappa shape index (κ1) is 39.8. The Morgan fingerprint density at radius 3 is 1.72 bits per heavy atom. The third-order valence-electron chi connectivity index (χ3n) is 5.88. The Morgan fingerprint density at radius 1 is 0.766 bits per heavy atom. The molecule has 1 fully saturated rings. The zero-order chi connectivity index (χ0) is 34.7. The molecule has 7 N–H and O–H groups in total. The predicted octanol–water partition coefficient (Wildman–Crippen LogP) is 2.56. The van der Waals surface area contributed by atoms with E-state index in [-0.39, 0.29) is 35.0 Å². The summed E-state index contributed by atoms with van der Waals surface area (Å²) in [7, 11) is 0. The number of nitrogens with one attached hydrogen (secondary N) is 1. The van der Waals surface area contributed by atoms with E-state index in [9.17, 15) is 35.4 Å². The standard InChI is InChI=1S/C37H33NO9.20H2/c1-3-5-7-8-9-10-11-12-13-14-15-16-17-18-19-20-21-22-24-26-32(41)38-29(33(42)30(40)25-23-6-4-2)28-46-37-36(45)35(44)34(43)31(27-39)47-37;;;;;;;;;;;;;;;;;;;;/h29-31,33-37,39-40,42-45H,4,6,23,25,27-28H2,1-2H3,(H,38,41);20*1H/t29-,30+,31?,33-,34?,35?,36?,37?;;;;;;;;;;;;;;;;;;;;/m0..................../s1. The topological polar surface area (TPSA) is 169 Å². The molecule has 0 saturated carbocycles. The lowest BCUT2D eigenvalue weighted by atomic mass is 9.99. The maximum Gasteiger partial charge on any atom is 0.297 e. The van der Waals surface area contributed by atoms with Crippen molar-refractivity contribution in [3.63, 3.8) is 0 Å². The summed E-state index contributed by atoms with van der Waals surface area (Å²) in [6.07, 6.45) is -7.83. The maximum absolute atomic E-state index is 12.4. The van der Waals surface area contributed by atoms with Gasteiger partial charge in [-0.15, -0.1) is 0 Å². The fourth-order valence-corrected chi connectivity index (χ4v) is 3.53. The second-order valence-electron chi connectivity index (χ2n) is 9.29. The van der Waals surface area contributed by atoms with Crippen molar-refractivity contribution in [3.8, 4) is 118 Å². The van der Waals surface area contributed by atoms with E-state index in [4.69, 9.17) is 9.47 Å². The van der Waals surface area contributed by atoms with Gasteiger partial charge in [-0.2, -0.15) is 0 Å². The van der Waals surface area contributed by atoms with Gasteiger partial charge in [0.1, 0.15) is 30.5 Å². The Kier molecular flexibility index (Phi) is 21.2. The summed E-state index contributed by atoms with van der Waals surface area (Å²) in [5, 5.41) is 63.1. The number of rotatable bonds is 11. The molecule has 8 atom stereocenters. The van der Waals surface area contributed by atoms with Crippen molar-refractivity contribution >= 4 is 5.91 Å². The van der Waals surface area contributed by atoms with Crippen LogP contribution >= 0.6 is 0 Å². The Labute approximate surface area is 305 Å². The molecule has 0 aromatic rings. The first-order valence-corrected chi connectivity index (χ1v) is 14.3. The van der Waals surface area contributed by atoms with Gasteiger partial charge in [0.2, 0.25) is 0 Å². The Hall–Kier alpha value is -5.25. The van der Waals surface area contributed by atoms with Crippen LogP contribution in [0.3, 0.4) is 0 Å². The normalized spacial score (nSPS) is 20.0. The van der Waals surface area contributed by atoms with Crippen LogP contribution in [0.25, 0.3) is 0 Å². The highest BCUT2D eigenvalue weighted by Crippen LogP contribution is 2.22. The Morgan fingerprint density at radius 2 is 1.26 bits per heavy atom. The zero-order valence-corrected chi connectivity index (χ0v) is 25.8. The van der Waals surface area contributed by atoms with Crippen molar-refractivity contribution in [2.75, 3.05) is 13.2 Å². The number of carbonyl (C=O) groups is 1. The minimum atomic E-state index is -1.69. The lowest BCUT2D eigenvalue weighted by molar-refractivity contribution is -0.303. The number of aliphatic hydroxyl groups is 6. The van der Waals surface area contributed by atoms with Crippen molar-refractivity contribution in [1.82, 2.24) is 5.32 Å². The molecule has 10 nitrogen and oxygen atoms in total. The van der Waals surface area contributed by atoms with E-state index in [0.717, 1.165) is 12.8 Å². The minimum absolute atomic E-state index is 0. The number of ether oxygens (including phenoxy) is 2. The van der Waals surface area contributed by atoms with Crippen LogP contribution in [0.15, 0.2) is 0 Å². The van der Waals surface area contributed by atoms with Gasteiger partial charge in [-0.25, -0.2) is 0 Å². The molecule has 1 heterocycles. The molecule has 10 heteroatoms. The third kappa shape index (κ3) is 17.1. The zero-order valence-electron chi connectivity index (χ0n) is 25.8. The summed E-state index contributed by atoms with van der Waals surface area (Å²) in [4.78, 5) is 12.4. The van der Waals surface area contributed by atoms with E-state index in [1.54, 1.807) is 6.92 Å². The number of unbranched alkanes of at least 4 members (excludes halogenated alkanes) is 2. The summed E-state index contributed by atoms with van der Waals surface area (Å²) in [5.41, 5.74) is 0. The minimum Gasteiger partial charge on any atom is -0.394 e. The monoisotopic (exact) mass is 676 g/mol. The van der Waals surface area contributed by atoms with Gasteiger partial charge in [0.25, 0.3) is 5.91 Å². The molecular weight excluding hydrogens is 602 g/mol. The van der Waals surface area contributed by atoms with Gasteiger partial charge in [0.05, 0.1) is 25.4 Å². The van der Waals surface area contributed by atoms with Gasteiger partial charge < -0.3 is 45.4 Å². The first-order chi connectivity index (χ1) is 22.8. The average molecular weight is 676 g/mol. The van der Waals surface area contributed by atoms with Crippen LogP contribution in [0.4, 0.5) is 0 Å². The van der Waals surface area contributed by atoms with Crippen LogP contribution in [0.5, 0.6) is 0 Å². The lowest BCUT2D eigenvalue weighted by Crippen LogP contribution is -2.60. The summed E-state index contributed by atoms with van der Waals surface area (Å²) < 4.78 is 10.8. The molecule has 47 heavy (non-hydrogen) atoms. The van der Waals surface area contributed by atoms with Crippen molar-refractivity contribution in [2.24, 2.45) is 0 Å². The highest BCUT2D eigenvalue weighted by molar-refractivity contribution is 5.94. The van der Waals surface area contributed by atoms with Gasteiger partial charge in [-0.3, -0.25) is 4.79 Å². The molecule has 0 aromatic carbocycles. The number of hydrogen-bond acceptors (Lipinski definition) is 9. The smallest absolute Gasteiger partial charge is 0.297 e. The largest absolute Gasteiger partial charge is 0.394 e. The molecule has 1 saturated heterocycles. The Balaban J connectivity index is -0.0000000614. The number of aliphatic hydroxyl groups excluding tert-OH is 6. The van der Waals surface area contributed by atoms with Crippen molar-refractivity contribution in [3.05, 3.63) is 0 Å². The highest BCUT2D eigenvalue weighted by atomic mass is 16.7. The molecule has 0 aromatic heterocycles. The van der Waals surface area contributed by atoms with Crippen molar-refractivity contribution in [1.29, 1.82) is 0 Å². The van der Waals surface area contributed by atoms with Crippen LogP contribution < -0.4 is 5.32 Å². The molecule has 1 aliphatic heterocycles. The molecule has 280 valence electrons. The average Bonchev–Trinajstić information content (AvgIpc) is 3.07. The molecule has 0 bridgehead atoms. The molecule has 1 amide bonds. The number of hydrogen-bond donors (Lipinski definition) is 7. The van der Waals surface area contributed by atoms with E-state index in [2.05, 4.69) is 124 Å². The summed E-state index contributed by atoms with van der Waals surface area (Å²) >= 11 is 0. The van der Waals surface area contributed by atoms with Gasteiger partial charge in [0, 0.05) is 46.3 Å². The third-order valence-corrected chi connectivity index (χ3v) is 5.88. The maximum atomic E-state index is 12.4. The predicted molar refractivity (Wildman–Crippen MR) is 214 cm³/mol. The van der Waals surface area contributed by atoms with Crippen LogP contribution in [0.1, 0.15) is 68.1 Å². The molecule has 0 aliphatic carbocycles. The quantitative estimate of drug-likeness (QED) is 0.129. The lowest BCUT2D eigenvalue weighted by Gasteiger charge is -2.40. The molecule has 0 radical (unpaired) electrons. The Bertz CT molecular complexity index is 1760. The molecule has 1 rings (SSSR count). The fraction of sp³-hybridized carbons (Fsp3) is 0.432. The summed E-state index contributed by atoms with van der Waals surface area (Å²) in [6, 6.07) is -1.22. The highest BCUT2D eigenvalue weighted by Gasteiger charge is 2.44. The van der Waals surface area contributed by atoms with Crippen molar-refractivity contribution in [2.45, 2.75) is 88.5 Å². The van der Waals surface area contributed by atoms with Gasteiger partial charge in [0.15, 0.2) is 6.29 Å². The van der Waals surface area contributed by atoms with Crippen LogP contribution in [0, 0.1) is 118 Å². The SMILES string of the molecule is CC#CC#CC#CC#CC#CC#CC#CC#CC#CC#CC(=O)N[C@@H](COC1OC(CO)C(O)C(O)C1O)[C@H](O)[C@H](O)CCCCC.[HH].[HH].[HH].[HH].[HH].[HH].[HH].[HH].[HH].[HH].[HH].[HH].[HH].[HH].[HH].[HH].[HH].[HH].[HH].[HH]. The molecule has 0 spiro atoms. The van der Waals surface area contributed by atoms with Crippen LogP contribution in [0.2, 0.25) is 0 Å². The second kappa shape index (κ2) is 25.0. The van der Waals surface area contributed by atoms with E-state index in [1.807, 2.05) is 6.92 Å². The summed E-state index contributed by atoms with van der Waals surface area (Å²) in [5.74, 6) is 48.1. The molecule has 1 aliphatic rings. The van der Waals surface area contributed by atoms with Gasteiger partial charge in [-0.05, 0) is 108 Å². The van der Waals surface area contributed by atoms with E-state index >= 15 is 0 Å².